The molecule has 2 N–H and O–H groups in total. The molecule has 2 saturated heterocycles. The lowest BCUT2D eigenvalue weighted by Gasteiger charge is -2.27. The van der Waals surface area contributed by atoms with Crippen LogP contribution in [0.2, 0.25) is 0 Å². The van der Waals surface area contributed by atoms with Crippen molar-refractivity contribution >= 4 is 17.7 Å². The molecule has 4 heterocycles. The third-order valence-corrected chi connectivity index (χ3v) is 7.61. The molecule has 0 spiro atoms. The van der Waals surface area contributed by atoms with Gasteiger partial charge in [0.2, 0.25) is 17.7 Å². The lowest BCUT2D eigenvalue weighted by molar-refractivity contribution is -0.132. The minimum atomic E-state index is -0.337. The minimum Gasteiger partial charge on any atom is -0.457 e. The molecule has 0 aromatic heterocycles. The molecule has 4 aliphatic rings. The molecular formula is C30H38N4O5. The van der Waals surface area contributed by atoms with E-state index < -0.39 is 0 Å². The van der Waals surface area contributed by atoms with Gasteiger partial charge in [0.1, 0.15) is 11.5 Å². The number of piperidine rings is 1. The number of likely N-dealkylation sites (tertiary alicyclic amines) is 2. The van der Waals surface area contributed by atoms with Gasteiger partial charge in [0.15, 0.2) is 0 Å². The van der Waals surface area contributed by atoms with E-state index in [2.05, 4.69) is 15.5 Å². The highest BCUT2D eigenvalue weighted by Gasteiger charge is 2.37. The van der Waals surface area contributed by atoms with Gasteiger partial charge in [-0.2, -0.15) is 0 Å². The molecule has 9 nitrogen and oxygen atoms in total. The van der Waals surface area contributed by atoms with Crippen LogP contribution in [0.4, 0.5) is 0 Å². The fraction of sp³-hybridized carbons (Fsp3) is 0.500. The predicted octanol–water partition coefficient (Wildman–Crippen LogP) is 2.63. The zero-order valence-electron chi connectivity index (χ0n) is 22.4. The average Bonchev–Trinajstić information content (AvgIpc) is 3.34. The number of nitrogens with zero attached hydrogens (tertiary/aromatic N) is 2. The molecule has 39 heavy (non-hydrogen) atoms. The van der Waals surface area contributed by atoms with Gasteiger partial charge in [0.25, 0.3) is 0 Å². The van der Waals surface area contributed by atoms with Gasteiger partial charge < -0.3 is 25.0 Å². The van der Waals surface area contributed by atoms with Crippen molar-refractivity contribution in [1.29, 1.82) is 0 Å². The largest absolute Gasteiger partial charge is 0.457 e. The van der Waals surface area contributed by atoms with Crippen LogP contribution < -0.4 is 15.4 Å². The topological polar surface area (TPSA) is 100 Å². The number of ether oxygens (including phenoxy) is 2. The number of nitrogens with one attached hydrogen (secondary N) is 2. The van der Waals surface area contributed by atoms with Gasteiger partial charge in [0.05, 0.1) is 25.3 Å². The second kappa shape index (κ2) is 13.1. The van der Waals surface area contributed by atoms with Gasteiger partial charge in [-0.3, -0.25) is 19.3 Å². The van der Waals surface area contributed by atoms with Crippen molar-refractivity contribution in [2.24, 2.45) is 0 Å². The van der Waals surface area contributed by atoms with E-state index >= 15 is 0 Å². The molecule has 6 rings (SSSR count). The lowest BCUT2D eigenvalue weighted by Crippen LogP contribution is -2.45. The van der Waals surface area contributed by atoms with Crippen LogP contribution in [0.3, 0.4) is 0 Å². The van der Waals surface area contributed by atoms with E-state index in [1.54, 1.807) is 0 Å². The fourth-order valence-electron chi connectivity index (χ4n) is 5.40. The van der Waals surface area contributed by atoms with Crippen LogP contribution >= 0.6 is 0 Å². The van der Waals surface area contributed by atoms with Crippen molar-refractivity contribution in [3.8, 4) is 11.5 Å². The number of fused-ring (bicyclic) bond motifs is 10. The summed E-state index contributed by atoms with van der Waals surface area (Å²) in [5, 5.41) is 5.90. The Bertz CT molecular complexity index is 1150. The Morgan fingerprint density at radius 2 is 1.69 bits per heavy atom. The van der Waals surface area contributed by atoms with Crippen molar-refractivity contribution in [3.05, 3.63) is 59.7 Å². The lowest BCUT2D eigenvalue weighted by atomic mass is 10.1. The van der Waals surface area contributed by atoms with Gasteiger partial charge in [-0.05, 0) is 67.7 Å². The summed E-state index contributed by atoms with van der Waals surface area (Å²) in [6.07, 6.45) is 4.26. The van der Waals surface area contributed by atoms with Crippen LogP contribution in [0.15, 0.2) is 48.5 Å². The van der Waals surface area contributed by atoms with E-state index in [4.69, 9.17) is 9.47 Å². The van der Waals surface area contributed by atoms with Crippen LogP contribution in [0, 0.1) is 0 Å². The van der Waals surface area contributed by atoms with Crippen LogP contribution in [0.5, 0.6) is 11.5 Å². The second-order valence-corrected chi connectivity index (χ2v) is 10.7. The fourth-order valence-corrected chi connectivity index (χ4v) is 5.40. The molecule has 3 amide bonds. The van der Waals surface area contributed by atoms with Crippen molar-refractivity contribution < 1.29 is 23.9 Å². The van der Waals surface area contributed by atoms with Gasteiger partial charge >= 0.3 is 0 Å². The van der Waals surface area contributed by atoms with Crippen molar-refractivity contribution in [3.63, 3.8) is 0 Å². The molecule has 2 aromatic carbocycles. The first-order chi connectivity index (χ1) is 19.0. The molecule has 2 fully saturated rings. The first-order valence-corrected chi connectivity index (χ1v) is 14.1. The van der Waals surface area contributed by atoms with Crippen LogP contribution in [-0.4, -0.2) is 78.9 Å². The maximum atomic E-state index is 13.1. The molecule has 0 unspecified atom stereocenters. The third-order valence-electron chi connectivity index (χ3n) is 7.61. The molecular weight excluding hydrogens is 496 g/mol. The smallest absolute Gasteiger partial charge is 0.236 e. The number of carbonyl (C=O) groups is 3. The zero-order valence-corrected chi connectivity index (χ0v) is 22.4. The monoisotopic (exact) mass is 534 g/mol. The van der Waals surface area contributed by atoms with Gasteiger partial charge in [-0.15, -0.1) is 0 Å². The van der Waals surface area contributed by atoms with Crippen LogP contribution in [0.1, 0.15) is 43.2 Å². The summed E-state index contributed by atoms with van der Waals surface area (Å²) in [6.45, 7) is 3.74. The predicted molar refractivity (Wildman–Crippen MR) is 146 cm³/mol. The highest BCUT2D eigenvalue weighted by atomic mass is 16.5. The Kier molecular flexibility index (Phi) is 9.11. The SMILES string of the molecule is O=C1CCc2ccc(cc2)Oc2cccc(c2)CO[C@H]2CN(C(=O)CN3CCCCC3)C[C@@H]2NC(=O)CCN1. The van der Waals surface area contributed by atoms with E-state index in [1.807, 2.05) is 53.4 Å². The summed E-state index contributed by atoms with van der Waals surface area (Å²) in [5.41, 5.74) is 1.99. The number of carbonyl (C=O) groups excluding carboxylic acids is 3. The highest BCUT2D eigenvalue weighted by Crippen LogP contribution is 2.24. The van der Waals surface area contributed by atoms with Crippen molar-refractivity contribution in [1.82, 2.24) is 20.4 Å². The maximum absolute atomic E-state index is 13.1. The Labute approximate surface area is 229 Å². The molecule has 4 aliphatic heterocycles. The summed E-state index contributed by atoms with van der Waals surface area (Å²) in [5.74, 6) is 1.23. The standard InChI is InChI=1S/C30H38N4O5/c35-28-12-9-22-7-10-24(11-8-22)39-25-6-4-5-23(17-25)21-38-27-19-34(18-26(27)32-29(36)13-14-31-28)30(37)20-33-15-2-1-3-16-33/h4-8,10-11,17,26-27H,1-3,9,12-16,18-21H2,(H,31,35)(H,32,36)/t26-,27-/m0/s1. The summed E-state index contributed by atoms with van der Waals surface area (Å²) in [6, 6.07) is 15.1. The van der Waals surface area contributed by atoms with Crippen LogP contribution in [-0.2, 0) is 32.1 Å². The molecule has 0 saturated carbocycles. The Hall–Kier alpha value is -3.43. The molecule has 2 aromatic rings. The van der Waals surface area contributed by atoms with E-state index in [-0.39, 0.29) is 42.8 Å². The summed E-state index contributed by atoms with van der Waals surface area (Å²) < 4.78 is 12.3. The number of rotatable bonds is 2. The first-order valence-electron chi connectivity index (χ1n) is 14.1. The molecule has 4 bridgehead atoms. The highest BCUT2D eigenvalue weighted by molar-refractivity contribution is 5.80. The van der Waals surface area contributed by atoms with Gasteiger partial charge in [-0.1, -0.05) is 30.7 Å². The summed E-state index contributed by atoms with van der Waals surface area (Å²) in [7, 11) is 0. The number of aryl methyl sites for hydroxylation is 1. The third kappa shape index (κ3) is 7.80. The number of hydrogen-bond acceptors (Lipinski definition) is 6. The quantitative estimate of drug-likeness (QED) is 0.615. The van der Waals surface area contributed by atoms with Crippen molar-refractivity contribution in [2.75, 3.05) is 39.3 Å². The number of benzene rings is 2. The molecule has 2 atom stereocenters. The Balaban J connectivity index is 1.29. The summed E-state index contributed by atoms with van der Waals surface area (Å²) >= 11 is 0. The molecule has 208 valence electrons. The van der Waals surface area contributed by atoms with Crippen molar-refractivity contribution in [2.45, 2.75) is 57.3 Å². The molecule has 0 radical (unpaired) electrons. The van der Waals surface area contributed by atoms with E-state index in [0.29, 0.717) is 44.8 Å². The Morgan fingerprint density at radius 3 is 2.51 bits per heavy atom. The number of hydrogen-bond donors (Lipinski definition) is 2. The van der Waals surface area contributed by atoms with E-state index in [1.165, 1.54) is 6.42 Å². The zero-order chi connectivity index (χ0) is 27.0. The van der Waals surface area contributed by atoms with Gasteiger partial charge in [-0.25, -0.2) is 0 Å². The van der Waals surface area contributed by atoms with E-state index in [9.17, 15) is 14.4 Å². The molecule has 0 aliphatic carbocycles. The van der Waals surface area contributed by atoms with Crippen LogP contribution in [0.25, 0.3) is 0 Å². The average molecular weight is 535 g/mol. The maximum Gasteiger partial charge on any atom is 0.236 e. The Morgan fingerprint density at radius 1 is 0.872 bits per heavy atom. The number of amides is 3. The normalized spacial score (nSPS) is 23.3. The van der Waals surface area contributed by atoms with Gasteiger partial charge in [0, 0.05) is 32.5 Å². The summed E-state index contributed by atoms with van der Waals surface area (Å²) in [4.78, 5) is 42.2. The minimum absolute atomic E-state index is 0.0707. The first kappa shape index (κ1) is 27.1. The second-order valence-electron chi connectivity index (χ2n) is 10.7. The molecule has 9 heteroatoms. The van der Waals surface area contributed by atoms with E-state index in [0.717, 1.165) is 42.8 Å².